The van der Waals surface area contributed by atoms with Gasteiger partial charge in [-0.15, -0.1) is 0 Å². The lowest BCUT2D eigenvalue weighted by Gasteiger charge is -2.22. The molecular formula is C14H23N3OS. The number of nitrogens with zero attached hydrogens (tertiary/aromatic N) is 3. The van der Waals surface area contributed by atoms with Crippen LogP contribution >= 0.6 is 11.8 Å². The number of pyridine rings is 1. The molecule has 0 aromatic carbocycles. The van der Waals surface area contributed by atoms with Gasteiger partial charge >= 0.3 is 0 Å². The van der Waals surface area contributed by atoms with Gasteiger partial charge in [0.2, 0.25) is 0 Å². The maximum Gasteiger partial charge on any atom is 0.139 e. The lowest BCUT2D eigenvalue weighted by atomic mass is 10.3. The summed E-state index contributed by atoms with van der Waals surface area (Å²) in [7, 11) is 2.18. The van der Waals surface area contributed by atoms with Gasteiger partial charge in [0.15, 0.2) is 0 Å². The summed E-state index contributed by atoms with van der Waals surface area (Å²) in [4.78, 5) is 9.08. The molecule has 2 heterocycles. The number of aromatic nitrogens is 1. The van der Waals surface area contributed by atoms with Crippen molar-refractivity contribution < 1.29 is 4.74 Å². The predicted octanol–water partition coefficient (Wildman–Crippen LogP) is 1.97. The fourth-order valence-electron chi connectivity index (χ4n) is 2.21. The Bertz CT molecular complexity index is 389. The van der Waals surface area contributed by atoms with E-state index in [1.165, 1.54) is 18.7 Å². The Morgan fingerprint density at radius 1 is 1.26 bits per heavy atom. The average molecular weight is 281 g/mol. The molecule has 0 saturated carbocycles. The Labute approximate surface area is 120 Å². The van der Waals surface area contributed by atoms with Crippen LogP contribution in [0.5, 0.6) is 5.75 Å². The van der Waals surface area contributed by atoms with Gasteiger partial charge in [-0.1, -0.05) is 0 Å². The molecule has 5 heteroatoms. The van der Waals surface area contributed by atoms with Crippen LogP contribution in [0.3, 0.4) is 0 Å². The van der Waals surface area contributed by atoms with Crippen LogP contribution < -0.4 is 9.64 Å². The summed E-state index contributed by atoms with van der Waals surface area (Å²) in [6.45, 7) is 5.19. The molecule has 1 aliphatic heterocycles. The molecule has 0 spiro atoms. The van der Waals surface area contributed by atoms with Crippen molar-refractivity contribution in [3.05, 3.63) is 18.5 Å². The Morgan fingerprint density at radius 3 is 3.00 bits per heavy atom. The number of hydrogen-bond acceptors (Lipinski definition) is 5. The highest BCUT2D eigenvalue weighted by molar-refractivity contribution is 7.98. The zero-order chi connectivity index (χ0) is 13.5. The molecule has 0 radical (unpaired) electrons. The lowest BCUT2D eigenvalue weighted by Crippen LogP contribution is -2.28. The van der Waals surface area contributed by atoms with Gasteiger partial charge in [0.25, 0.3) is 0 Å². The number of likely N-dealkylation sites (N-methyl/N-ethyl adjacent to an activating group) is 1. The predicted molar refractivity (Wildman–Crippen MR) is 82.4 cm³/mol. The van der Waals surface area contributed by atoms with E-state index in [0.29, 0.717) is 0 Å². The van der Waals surface area contributed by atoms with Gasteiger partial charge in [0.1, 0.15) is 5.75 Å². The number of hydrogen-bond donors (Lipinski definition) is 0. The first-order chi connectivity index (χ1) is 9.29. The molecule has 1 aromatic rings. The van der Waals surface area contributed by atoms with Gasteiger partial charge in [-0.3, -0.25) is 4.98 Å². The molecule has 19 heavy (non-hydrogen) atoms. The van der Waals surface area contributed by atoms with Gasteiger partial charge in [-0.2, -0.15) is 11.8 Å². The van der Waals surface area contributed by atoms with Crippen LogP contribution in [0.4, 0.5) is 5.69 Å². The highest BCUT2D eigenvalue weighted by Crippen LogP contribution is 2.20. The van der Waals surface area contributed by atoms with E-state index in [-0.39, 0.29) is 0 Å². The average Bonchev–Trinajstić information content (AvgIpc) is 2.64. The van der Waals surface area contributed by atoms with Crippen molar-refractivity contribution in [1.82, 2.24) is 9.88 Å². The van der Waals surface area contributed by atoms with Gasteiger partial charge in [-0.25, -0.2) is 0 Å². The SMILES string of the molecule is CSCCOc1cncc(N2CCCN(C)CC2)c1. The van der Waals surface area contributed by atoms with Crippen LogP contribution in [0, 0.1) is 0 Å². The monoisotopic (exact) mass is 281 g/mol. The molecular weight excluding hydrogens is 258 g/mol. The largest absolute Gasteiger partial charge is 0.491 e. The van der Waals surface area contributed by atoms with E-state index in [0.717, 1.165) is 37.7 Å². The fourth-order valence-corrected chi connectivity index (χ4v) is 2.46. The summed E-state index contributed by atoms with van der Waals surface area (Å²) in [5, 5.41) is 0. The lowest BCUT2D eigenvalue weighted by molar-refractivity contribution is 0.342. The summed E-state index contributed by atoms with van der Waals surface area (Å²) in [6.07, 6.45) is 7.03. The summed E-state index contributed by atoms with van der Waals surface area (Å²) >= 11 is 1.79. The Hall–Kier alpha value is -0.940. The first-order valence-corrected chi connectivity index (χ1v) is 8.19. The second-order valence-electron chi connectivity index (χ2n) is 4.86. The molecule has 0 aliphatic carbocycles. The van der Waals surface area contributed by atoms with Gasteiger partial charge < -0.3 is 14.5 Å². The zero-order valence-corrected chi connectivity index (χ0v) is 12.7. The van der Waals surface area contributed by atoms with Crippen molar-refractivity contribution in [3.63, 3.8) is 0 Å². The van der Waals surface area contributed by atoms with Crippen molar-refractivity contribution >= 4 is 17.4 Å². The van der Waals surface area contributed by atoms with E-state index in [9.17, 15) is 0 Å². The number of ether oxygens (including phenoxy) is 1. The molecule has 4 nitrogen and oxygen atoms in total. The van der Waals surface area contributed by atoms with Crippen molar-refractivity contribution in [2.45, 2.75) is 6.42 Å². The van der Waals surface area contributed by atoms with Crippen molar-refractivity contribution in [3.8, 4) is 5.75 Å². The number of rotatable bonds is 5. The molecule has 2 rings (SSSR count). The molecule has 0 atom stereocenters. The summed E-state index contributed by atoms with van der Waals surface area (Å²) in [5.41, 5.74) is 1.18. The Morgan fingerprint density at radius 2 is 2.16 bits per heavy atom. The van der Waals surface area contributed by atoms with Crippen LogP contribution in [0.25, 0.3) is 0 Å². The number of anilines is 1. The van der Waals surface area contributed by atoms with Gasteiger partial charge in [0, 0.05) is 31.5 Å². The number of thioether (sulfide) groups is 1. The maximum atomic E-state index is 5.71. The smallest absolute Gasteiger partial charge is 0.139 e. The third-order valence-corrected chi connectivity index (χ3v) is 3.91. The van der Waals surface area contributed by atoms with Gasteiger partial charge in [0.05, 0.1) is 24.7 Å². The highest BCUT2D eigenvalue weighted by Gasteiger charge is 2.13. The highest BCUT2D eigenvalue weighted by atomic mass is 32.2. The standard InChI is InChI=1S/C14H23N3OS/c1-16-4-3-5-17(7-6-16)13-10-14(12-15-11-13)18-8-9-19-2/h10-12H,3-9H2,1-2H3. The minimum Gasteiger partial charge on any atom is -0.491 e. The Kier molecular flexibility index (Phi) is 5.79. The van der Waals surface area contributed by atoms with Crippen LogP contribution in [0.2, 0.25) is 0 Å². The van der Waals surface area contributed by atoms with E-state index in [4.69, 9.17) is 4.74 Å². The minimum absolute atomic E-state index is 0.745. The topological polar surface area (TPSA) is 28.6 Å². The van der Waals surface area contributed by atoms with E-state index in [2.05, 4.69) is 34.2 Å². The van der Waals surface area contributed by atoms with E-state index >= 15 is 0 Å². The van der Waals surface area contributed by atoms with Crippen molar-refractivity contribution in [2.24, 2.45) is 0 Å². The molecule has 106 valence electrons. The molecule has 0 bridgehead atoms. The quantitative estimate of drug-likeness (QED) is 0.770. The van der Waals surface area contributed by atoms with Crippen LogP contribution in [-0.2, 0) is 0 Å². The second-order valence-corrected chi connectivity index (χ2v) is 5.85. The van der Waals surface area contributed by atoms with E-state index < -0.39 is 0 Å². The molecule has 1 aromatic heterocycles. The third kappa shape index (κ3) is 4.58. The molecule has 0 unspecified atom stereocenters. The molecule has 1 saturated heterocycles. The van der Waals surface area contributed by atoms with Crippen LogP contribution in [0.15, 0.2) is 18.5 Å². The third-order valence-electron chi connectivity index (χ3n) is 3.34. The van der Waals surface area contributed by atoms with Crippen LogP contribution in [0.1, 0.15) is 6.42 Å². The van der Waals surface area contributed by atoms with Crippen molar-refractivity contribution in [2.75, 3.05) is 56.7 Å². The second kappa shape index (κ2) is 7.60. The first-order valence-electron chi connectivity index (χ1n) is 6.80. The zero-order valence-electron chi connectivity index (χ0n) is 11.8. The van der Waals surface area contributed by atoms with Gasteiger partial charge in [-0.05, 0) is 26.3 Å². The fraction of sp³-hybridized carbons (Fsp3) is 0.643. The normalized spacial score (nSPS) is 17.3. The summed E-state index contributed by atoms with van der Waals surface area (Å²) in [5.74, 6) is 1.89. The molecule has 0 amide bonds. The first kappa shape index (κ1) is 14.5. The summed E-state index contributed by atoms with van der Waals surface area (Å²) in [6, 6.07) is 2.11. The minimum atomic E-state index is 0.745. The van der Waals surface area contributed by atoms with E-state index in [1.54, 1.807) is 18.0 Å². The maximum absolute atomic E-state index is 5.71. The van der Waals surface area contributed by atoms with Crippen molar-refractivity contribution in [1.29, 1.82) is 0 Å². The molecule has 0 N–H and O–H groups in total. The molecule has 1 aliphatic rings. The molecule has 1 fully saturated rings. The Balaban J connectivity index is 1.97. The van der Waals surface area contributed by atoms with E-state index in [1.807, 2.05) is 6.20 Å². The summed E-state index contributed by atoms with van der Waals surface area (Å²) < 4.78 is 5.71. The van der Waals surface area contributed by atoms with Crippen LogP contribution in [-0.4, -0.2) is 61.7 Å².